The standard InChI is InChI=1S/C17H26O2/c1-11(2)14-7-5-12(3)9-15(14)13-6-8-16(18)17(10-13)19-4/h6,8,10-12,14-15,18H,5,7,9H2,1-4H3/t12-,14+,15+/m1/s1. The SMILES string of the molecule is COc1cc([C@@H]2C[C@H](C)CC[C@H]2C(C)C)ccc1O. The summed E-state index contributed by atoms with van der Waals surface area (Å²) in [5, 5.41) is 9.74. The Morgan fingerprint density at radius 2 is 2.00 bits per heavy atom. The van der Waals surface area contributed by atoms with Crippen molar-refractivity contribution in [3.8, 4) is 11.5 Å². The van der Waals surface area contributed by atoms with Crippen LogP contribution in [0, 0.1) is 17.8 Å². The van der Waals surface area contributed by atoms with Crippen LogP contribution >= 0.6 is 0 Å². The Hall–Kier alpha value is -1.18. The first-order valence-corrected chi connectivity index (χ1v) is 7.39. The van der Waals surface area contributed by atoms with Crippen LogP contribution in [0.1, 0.15) is 51.5 Å². The van der Waals surface area contributed by atoms with Gasteiger partial charge in [-0.1, -0.05) is 33.3 Å². The van der Waals surface area contributed by atoms with Gasteiger partial charge in [0.2, 0.25) is 0 Å². The Morgan fingerprint density at radius 3 is 2.63 bits per heavy atom. The van der Waals surface area contributed by atoms with Gasteiger partial charge in [-0.3, -0.25) is 0 Å². The van der Waals surface area contributed by atoms with E-state index in [0.717, 1.165) is 11.8 Å². The van der Waals surface area contributed by atoms with Gasteiger partial charge >= 0.3 is 0 Å². The molecule has 3 atom stereocenters. The first-order chi connectivity index (χ1) is 9.02. The van der Waals surface area contributed by atoms with Crippen molar-refractivity contribution in [2.75, 3.05) is 7.11 Å². The van der Waals surface area contributed by atoms with Gasteiger partial charge < -0.3 is 9.84 Å². The van der Waals surface area contributed by atoms with Crippen LogP contribution in [0.4, 0.5) is 0 Å². The Labute approximate surface area is 116 Å². The number of hydrogen-bond acceptors (Lipinski definition) is 2. The predicted molar refractivity (Wildman–Crippen MR) is 78.7 cm³/mol. The number of hydrogen-bond donors (Lipinski definition) is 1. The van der Waals surface area contributed by atoms with E-state index in [0.29, 0.717) is 17.6 Å². The lowest BCUT2D eigenvalue weighted by Gasteiger charge is -2.38. The normalized spacial score (nSPS) is 27.5. The maximum absolute atomic E-state index is 9.74. The molecule has 106 valence electrons. The van der Waals surface area contributed by atoms with E-state index in [2.05, 4.69) is 26.8 Å². The van der Waals surface area contributed by atoms with Crippen LogP contribution in [-0.4, -0.2) is 12.2 Å². The number of phenols is 1. The van der Waals surface area contributed by atoms with E-state index in [4.69, 9.17) is 4.74 Å². The summed E-state index contributed by atoms with van der Waals surface area (Å²) in [6.45, 7) is 7.00. The summed E-state index contributed by atoms with van der Waals surface area (Å²) in [6.07, 6.45) is 3.90. The second-order valence-electron chi connectivity index (χ2n) is 6.36. The number of rotatable bonds is 3. The molecule has 1 fully saturated rings. The fourth-order valence-corrected chi connectivity index (χ4v) is 3.51. The lowest BCUT2D eigenvalue weighted by atomic mass is 9.67. The third-order valence-electron chi connectivity index (χ3n) is 4.65. The van der Waals surface area contributed by atoms with Gasteiger partial charge in [0.05, 0.1) is 7.11 Å². The molecule has 1 aromatic rings. The first-order valence-electron chi connectivity index (χ1n) is 7.39. The lowest BCUT2D eigenvalue weighted by molar-refractivity contribution is 0.197. The average Bonchev–Trinajstić information content (AvgIpc) is 2.38. The Kier molecular flexibility index (Phi) is 4.38. The fraction of sp³-hybridized carbons (Fsp3) is 0.647. The molecule has 0 spiro atoms. The minimum absolute atomic E-state index is 0.233. The molecular formula is C17H26O2. The van der Waals surface area contributed by atoms with E-state index in [1.165, 1.54) is 24.8 Å². The molecule has 1 aliphatic rings. The molecule has 19 heavy (non-hydrogen) atoms. The number of phenolic OH excluding ortho intramolecular Hbond substituents is 1. The van der Waals surface area contributed by atoms with Crippen molar-refractivity contribution in [3.05, 3.63) is 23.8 Å². The van der Waals surface area contributed by atoms with Gasteiger partial charge in [-0.15, -0.1) is 0 Å². The molecule has 0 amide bonds. The smallest absolute Gasteiger partial charge is 0.160 e. The third kappa shape index (κ3) is 3.05. The minimum Gasteiger partial charge on any atom is -0.504 e. The summed E-state index contributed by atoms with van der Waals surface area (Å²) in [5.74, 6) is 3.66. The van der Waals surface area contributed by atoms with Gasteiger partial charge in [0.1, 0.15) is 0 Å². The van der Waals surface area contributed by atoms with Crippen molar-refractivity contribution in [1.29, 1.82) is 0 Å². The van der Waals surface area contributed by atoms with Gasteiger partial charge in [0.15, 0.2) is 11.5 Å². The molecule has 0 saturated heterocycles. The van der Waals surface area contributed by atoms with E-state index >= 15 is 0 Å². The summed E-state index contributed by atoms with van der Waals surface area (Å²) in [5.41, 5.74) is 1.32. The molecule has 2 rings (SSSR count). The molecule has 1 saturated carbocycles. The molecule has 2 heteroatoms. The van der Waals surface area contributed by atoms with Gasteiger partial charge in [0.25, 0.3) is 0 Å². The number of benzene rings is 1. The van der Waals surface area contributed by atoms with Crippen LogP contribution in [-0.2, 0) is 0 Å². The highest BCUT2D eigenvalue weighted by molar-refractivity contribution is 5.43. The summed E-state index contributed by atoms with van der Waals surface area (Å²) >= 11 is 0. The number of aromatic hydroxyl groups is 1. The number of ether oxygens (including phenoxy) is 1. The fourth-order valence-electron chi connectivity index (χ4n) is 3.51. The zero-order valence-corrected chi connectivity index (χ0v) is 12.5. The van der Waals surface area contributed by atoms with Crippen LogP contribution in [0.2, 0.25) is 0 Å². The first kappa shape index (κ1) is 14.2. The highest BCUT2D eigenvalue weighted by Gasteiger charge is 2.32. The molecule has 0 bridgehead atoms. The Bertz CT molecular complexity index is 425. The molecule has 1 aromatic carbocycles. The molecule has 1 aliphatic carbocycles. The van der Waals surface area contributed by atoms with E-state index in [1.807, 2.05) is 6.07 Å². The van der Waals surface area contributed by atoms with Crippen molar-refractivity contribution < 1.29 is 9.84 Å². The quantitative estimate of drug-likeness (QED) is 0.864. The van der Waals surface area contributed by atoms with Crippen molar-refractivity contribution in [2.45, 2.75) is 46.0 Å². The van der Waals surface area contributed by atoms with Gasteiger partial charge in [-0.25, -0.2) is 0 Å². The highest BCUT2D eigenvalue weighted by Crippen LogP contribution is 2.45. The van der Waals surface area contributed by atoms with E-state index in [1.54, 1.807) is 13.2 Å². The Balaban J connectivity index is 2.30. The summed E-state index contributed by atoms with van der Waals surface area (Å²) in [6, 6.07) is 5.86. The third-order valence-corrected chi connectivity index (χ3v) is 4.65. The molecule has 0 heterocycles. The van der Waals surface area contributed by atoms with E-state index < -0.39 is 0 Å². The van der Waals surface area contributed by atoms with Gasteiger partial charge in [0, 0.05) is 0 Å². The Morgan fingerprint density at radius 1 is 1.26 bits per heavy atom. The van der Waals surface area contributed by atoms with Crippen LogP contribution < -0.4 is 4.74 Å². The minimum atomic E-state index is 0.233. The van der Waals surface area contributed by atoms with Crippen molar-refractivity contribution in [1.82, 2.24) is 0 Å². The second-order valence-corrected chi connectivity index (χ2v) is 6.36. The molecule has 1 N–H and O–H groups in total. The van der Waals surface area contributed by atoms with Crippen molar-refractivity contribution in [3.63, 3.8) is 0 Å². The average molecular weight is 262 g/mol. The zero-order chi connectivity index (χ0) is 14.0. The lowest BCUT2D eigenvalue weighted by Crippen LogP contribution is -2.26. The maximum Gasteiger partial charge on any atom is 0.160 e. The van der Waals surface area contributed by atoms with Crippen LogP contribution in [0.15, 0.2) is 18.2 Å². The largest absolute Gasteiger partial charge is 0.504 e. The van der Waals surface area contributed by atoms with E-state index in [-0.39, 0.29) is 5.75 Å². The molecule has 0 unspecified atom stereocenters. The van der Waals surface area contributed by atoms with Crippen LogP contribution in [0.3, 0.4) is 0 Å². The monoisotopic (exact) mass is 262 g/mol. The van der Waals surface area contributed by atoms with E-state index in [9.17, 15) is 5.11 Å². The van der Waals surface area contributed by atoms with Gasteiger partial charge in [-0.2, -0.15) is 0 Å². The molecular weight excluding hydrogens is 236 g/mol. The van der Waals surface area contributed by atoms with Crippen molar-refractivity contribution >= 4 is 0 Å². The molecule has 0 aliphatic heterocycles. The summed E-state index contributed by atoms with van der Waals surface area (Å²) < 4.78 is 5.25. The predicted octanol–water partition coefficient (Wildman–Crippen LogP) is 4.58. The topological polar surface area (TPSA) is 29.5 Å². The summed E-state index contributed by atoms with van der Waals surface area (Å²) in [7, 11) is 1.61. The molecule has 0 radical (unpaired) electrons. The van der Waals surface area contributed by atoms with Gasteiger partial charge in [-0.05, 0) is 54.2 Å². The van der Waals surface area contributed by atoms with Crippen LogP contribution in [0.5, 0.6) is 11.5 Å². The molecule has 2 nitrogen and oxygen atoms in total. The van der Waals surface area contributed by atoms with Crippen molar-refractivity contribution in [2.24, 2.45) is 17.8 Å². The highest BCUT2D eigenvalue weighted by atomic mass is 16.5. The molecule has 0 aromatic heterocycles. The number of methoxy groups -OCH3 is 1. The maximum atomic E-state index is 9.74. The van der Waals surface area contributed by atoms with Crippen LogP contribution in [0.25, 0.3) is 0 Å². The second kappa shape index (κ2) is 5.85. The zero-order valence-electron chi connectivity index (χ0n) is 12.5. The summed E-state index contributed by atoms with van der Waals surface area (Å²) in [4.78, 5) is 0.